The average Bonchev–Trinajstić information content (AvgIpc) is 2.51. The lowest BCUT2D eigenvalue weighted by atomic mass is 10.3. The van der Waals surface area contributed by atoms with Crippen molar-refractivity contribution in [2.75, 3.05) is 14.1 Å². The molecule has 0 aliphatic rings. The summed E-state index contributed by atoms with van der Waals surface area (Å²) in [6.45, 7) is 6.14. The molecule has 1 aromatic heterocycles. The van der Waals surface area contributed by atoms with Crippen molar-refractivity contribution in [3.05, 3.63) is 21.1 Å². The lowest BCUT2D eigenvalue weighted by Gasteiger charge is -2.16. The summed E-state index contributed by atoms with van der Waals surface area (Å²) in [5.74, 6) is 0.780. The molecule has 1 aromatic rings. The highest BCUT2D eigenvalue weighted by molar-refractivity contribution is 7.99. The van der Waals surface area contributed by atoms with Gasteiger partial charge in [-0.05, 0) is 0 Å². The normalized spacial score (nSPS) is 11.7. The van der Waals surface area contributed by atoms with Crippen LogP contribution in [-0.4, -0.2) is 34.5 Å². The zero-order valence-corrected chi connectivity index (χ0v) is 12.7. The number of rotatable bonds is 2. The number of carbonyl (C=O) groups excluding carboxylic acids is 1. The number of nitrogens with zero attached hydrogens (tertiary/aromatic N) is 2. The van der Waals surface area contributed by atoms with Crippen LogP contribution in [0, 0.1) is 0 Å². The third-order valence-corrected chi connectivity index (χ3v) is 3.66. The van der Waals surface area contributed by atoms with Crippen LogP contribution in [0.15, 0.2) is 9.32 Å². The molecule has 1 heterocycles. The van der Waals surface area contributed by atoms with E-state index in [2.05, 4.69) is 0 Å². The Balaban J connectivity index is 3.00. The standard InChI is InChI=1S/C11H17ClN2O3S/c1-11(2,3)18-6-7-8(12)9(15)14(17-7)10(16)13(4)5/h6H2,1-5H3. The molecule has 0 bridgehead atoms. The molecule has 0 saturated carbocycles. The molecule has 0 saturated heterocycles. The zero-order valence-electron chi connectivity index (χ0n) is 11.1. The van der Waals surface area contributed by atoms with Crippen LogP contribution in [0.5, 0.6) is 0 Å². The molecule has 0 unspecified atom stereocenters. The second kappa shape index (κ2) is 5.40. The van der Waals surface area contributed by atoms with E-state index in [9.17, 15) is 9.59 Å². The fourth-order valence-electron chi connectivity index (χ4n) is 1.08. The zero-order chi connectivity index (χ0) is 14.1. The van der Waals surface area contributed by atoms with Crippen molar-refractivity contribution in [1.29, 1.82) is 0 Å². The number of aromatic nitrogens is 1. The van der Waals surface area contributed by atoms with Crippen molar-refractivity contribution in [2.24, 2.45) is 0 Å². The second-order valence-corrected chi connectivity index (χ2v) is 7.19. The summed E-state index contributed by atoms with van der Waals surface area (Å²) in [6, 6.07) is -0.547. The number of hydrogen-bond acceptors (Lipinski definition) is 4. The summed E-state index contributed by atoms with van der Waals surface area (Å²) in [4.78, 5) is 24.7. The Bertz CT molecular complexity index is 499. The van der Waals surface area contributed by atoms with Gasteiger partial charge in [0.15, 0.2) is 10.8 Å². The number of thioether (sulfide) groups is 1. The minimum absolute atomic E-state index is 0.0234. The highest BCUT2D eigenvalue weighted by Gasteiger charge is 2.22. The first-order valence-electron chi connectivity index (χ1n) is 5.40. The predicted molar refractivity (Wildman–Crippen MR) is 73.5 cm³/mol. The lowest BCUT2D eigenvalue weighted by Crippen LogP contribution is -2.33. The minimum Gasteiger partial charge on any atom is -0.369 e. The Kier molecular flexibility index (Phi) is 4.55. The Morgan fingerprint density at radius 3 is 2.44 bits per heavy atom. The smallest absolute Gasteiger partial charge is 0.360 e. The van der Waals surface area contributed by atoms with Crippen LogP contribution < -0.4 is 5.56 Å². The molecule has 0 N–H and O–H groups in total. The maximum atomic E-state index is 11.7. The van der Waals surface area contributed by atoms with E-state index < -0.39 is 11.6 Å². The van der Waals surface area contributed by atoms with Gasteiger partial charge in [0, 0.05) is 18.8 Å². The van der Waals surface area contributed by atoms with Crippen molar-refractivity contribution >= 4 is 29.4 Å². The van der Waals surface area contributed by atoms with E-state index in [1.807, 2.05) is 20.8 Å². The molecule has 18 heavy (non-hydrogen) atoms. The largest absolute Gasteiger partial charge is 0.369 e. The molecule has 102 valence electrons. The van der Waals surface area contributed by atoms with Crippen molar-refractivity contribution in [1.82, 2.24) is 9.64 Å². The van der Waals surface area contributed by atoms with Crippen LogP contribution in [0.1, 0.15) is 26.5 Å². The van der Waals surface area contributed by atoms with Gasteiger partial charge in [0.25, 0.3) is 0 Å². The van der Waals surface area contributed by atoms with E-state index >= 15 is 0 Å². The molecule has 0 aromatic carbocycles. The van der Waals surface area contributed by atoms with Crippen LogP contribution in [0.2, 0.25) is 5.02 Å². The van der Waals surface area contributed by atoms with Gasteiger partial charge in [-0.1, -0.05) is 37.1 Å². The minimum atomic E-state index is -0.611. The van der Waals surface area contributed by atoms with E-state index in [-0.39, 0.29) is 9.77 Å². The molecular weight excluding hydrogens is 276 g/mol. The Morgan fingerprint density at radius 1 is 1.44 bits per heavy atom. The number of carbonyl (C=O) groups is 1. The molecule has 0 fully saturated rings. The summed E-state index contributed by atoms with van der Waals surface area (Å²) in [7, 11) is 3.07. The van der Waals surface area contributed by atoms with E-state index in [4.69, 9.17) is 16.1 Å². The molecule has 1 amide bonds. The predicted octanol–water partition coefficient (Wildman–Crippen LogP) is 2.66. The van der Waals surface area contributed by atoms with Crippen LogP contribution in [0.4, 0.5) is 4.79 Å². The van der Waals surface area contributed by atoms with Crippen LogP contribution >= 0.6 is 23.4 Å². The van der Waals surface area contributed by atoms with Crippen LogP contribution in [0.25, 0.3) is 0 Å². The van der Waals surface area contributed by atoms with Crippen molar-refractivity contribution in [3.8, 4) is 0 Å². The fourth-order valence-corrected chi connectivity index (χ4v) is 2.10. The third kappa shape index (κ3) is 3.55. The van der Waals surface area contributed by atoms with Crippen LogP contribution in [0.3, 0.4) is 0 Å². The summed E-state index contributed by atoms with van der Waals surface area (Å²) < 4.78 is 5.93. The Morgan fingerprint density at radius 2 is 2.00 bits per heavy atom. The van der Waals surface area contributed by atoms with E-state index in [0.29, 0.717) is 16.3 Å². The van der Waals surface area contributed by atoms with Crippen molar-refractivity contribution < 1.29 is 9.32 Å². The van der Waals surface area contributed by atoms with E-state index in [1.54, 1.807) is 11.8 Å². The van der Waals surface area contributed by atoms with Gasteiger partial charge in [-0.3, -0.25) is 4.79 Å². The average molecular weight is 293 g/mol. The first-order chi connectivity index (χ1) is 8.13. The Hall–Kier alpha value is -0.880. The molecule has 0 aliphatic carbocycles. The first-order valence-corrected chi connectivity index (χ1v) is 6.76. The molecular formula is C11H17ClN2O3S. The second-order valence-electron chi connectivity index (χ2n) is 5.01. The van der Waals surface area contributed by atoms with Gasteiger partial charge in [-0.15, -0.1) is 11.8 Å². The number of hydrogen-bond donors (Lipinski definition) is 0. The van der Waals surface area contributed by atoms with E-state index in [1.165, 1.54) is 19.0 Å². The molecule has 1 rings (SSSR count). The number of amides is 1. The highest BCUT2D eigenvalue weighted by Crippen LogP contribution is 2.29. The molecule has 0 atom stereocenters. The van der Waals surface area contributed by atoms with Gasteiger partial charge in [0.2, 0.25) is 0 Å². The third-order valence-electron chi connectivity index (χ3n) is 2.01. The SMILES string of the molecule is CN(C)C(=O)n1oc(CSC(C)(C)C)c(Cl)c1=O. The molecule has 0 aliphatic heterocycles. The van der Waals surface area contributed by atoms with Gasteiger partial charge >= 0.3 is 11.6 Å². The lowest BCUT2D eigenvalue weighted by molar-refractivity contribution is 0.182. The quantitative estimate of drug-likeness (QED) is 0.841. The summed E-state index contributed by atoms with van der Waals surface area (Å²) in [5, 5.41) is -0.0260. The van der Waals surface area contributed by atoms with Gasteiger partial charge in [0.1, 0.15) is 0 Å². The van der Waals surface area contributed by atoms with E-state index in [0.717, 1.165) is 0 Å². The van der Waals surface area contributed by atoms with Crippen molar-refractivity contribution in [2.45, 2.75) is 31.3 Å². The van der Waals surface area contributed by atoms with Gasteiger partial charge < -0.3 is 9.42 Å². The van der Waals surface area contributed by atoms with Gasteiger partial charge in [-0.2, -0.15) is 0 Å². The van der Waals surface area contributed by atoms with Gasteiger partial charge in [0.05, 0.1) is 5.75 Å². The molecule has 0 radical (unpaired) electrons. The first kappa shape index (κ1) is 15.2. The molecule has 5 nitrogen and oxygen atoms in total. The monoisotopic (exact) mass is 292 g/mol. The summed E-state index contributed by atoms with van der Waals surface area (Å²) >= 11 is 7.47. The summed E-state index contributed by atoms with van der Waals surface area (Å²) in [5.41, 5.74) is -0.611. The fraction of sp³-hybridized carbons (Fsp3) is 0.636. The summed E-state index contributed by atoms with van der Waals surface area (Å²) in [6.07, 6.45) is 0. The molecule has 7 heteroatoms. The van der Waals surface area contributed by atoms with Crippen LogP contribution in [-0.2, 0) is 5.75 Å². The topological polar surface area (TPSA) is 55.5 Å². The highest BCUT2D eigenvalue weighted by atomic mass is 35.5. The van der Waals surface area contributed by atoms with Gasteiger partial charge in [-0.25, -0.2) is 4.79 Å². The van der Waals surface area contributed by atoms with Crippen molar-refractivity contribution in [3.63, 3.8) is 0 Å². The maximum absolute atomic E-state index is 11.7. The Labute approximate surface area is 115 Å². The number of halogens is 1. The maximum Gasteiger partial charge on any atom is 0.360 e. The molecule has 0 spiro atoms.